The molecule has 0 bridgehead atoms. The molecule has 3 heterocycles. The number of ether oxygens (including phenoxy) is 3. The first kappa shape index (κ1) is 30.8. The number of nitrogens with zero attached hydrogens (tertiary/aromatic N) is 4. The van der Waals surface area contributed by atoms with Crippen molar-refractivity contribution in [1.82, 2.24) is 15.0 Å². The van der Waals surface area contributed by atoms with Crippen LogP contribution in [0.25, 0.3) is 11.3 Å². The summed E-state index contributed by atoms with van der Waals surface area (Å²) in [5.41, 5.74) is 1.54. The Hall–Kier alpha value is -1.65. The molecular formula is C26H26Br2Cl2N4O7. The van der Waals surface area contributed by atoms with Crippen LogP contribution in [-0.2, 0) is 19.0 Å². The molecule has 11 nitrogen and oxygen atoms in total. The molecule has 0 saturated carbocycles. The van der Waals surface area contributed by atoms with Crippen molar-refractivity contribution < 1.29 is 34.3 Å². The fourth-order valence-electron chi connectivity index (χ4n) is 5.15. The molecule has 2 aromatic carbocycles. The number of amides is 1. The van der Waals surface area contributed by atoms with Crippen molar-refractivity contribution in [3.8, 4) is 11.3 Å². The van der Waals surface area contributed by atoms with Gasteiger partial charge in [-0.1, -0.05) is 66.3 Å². The number of carbonyl (C=O) groups excluding carboxylic acids is 1. The number of aliphatic hydroxyl groups is 3. The molecule has 2 fully saturated rings. The Morgan fingerprint density at radius 2 is 1.88 bits per heavy atom. The summed E-state index contributed by atoms with van der Waals surface area (Å²) in [6, 6.07) is 8.56. The highest BCUT2D eigenvalue weighted by Gasteiger charge is 2.52. The van der Waals surface area contributed by atoms with Crippen LogP contribution in [-0.4, -0.2) is 99.7 Å². The van der Waals surface area contributed by atoms with E-state index >= 15 is 0 Å². The van der Waals surface area contributed by atoms with Gasteiger partial charge in [-0.3, -0.25) is 4.79 Å². The van der Waals surface area contributed by atoms with Gasteiger partial charge in [0.2, 0.25) is 0 Å². The second-order valence-electron chi connectivity index (χ2n) is 9.68. The Morgan fingerprint density at radius 3 is 2.49 bits per heavy atom. The predicted octanol–water partition coefficient (Wildman–Crippen LogP) is 3.25. The SMILES string of the molecule is CO[C@@H]1[C@@H](n2cc(-c3ccc(Cl)c(Cl)c3)nn2)[C@@H](O)[C@@H](CO)O[C@H]1C(=O)N(c1cc(Br)cc(Br)c1)[C@H]1COC[C@@H]1O. The summed E-state index contributed by atoms with van der Waals surface area (Å²) < 4.78 is 20.0. The summed E-state index contributed by atoms with van der Waals surface area (Å²) in [4.78, 5) is 15.8. The molecule has 2 aliphatic rings. The normalized spacial score (nSPS) is 28.1. The van der Waals surface area contributed by atoms with Gasteiger partial charge in [0.15, 0.2) is 6.10 Å². The van der Waals surface area contributed by atoms with E-state index in [9.17, 15) is 20.1 Å². The lowest BCUT2D eigenvalue weighted by atomic mass is 9.91. The number of methoxy groups -OCH3 is 1. The van der Waals surface area contributed by atoms with E-state index in [1.54, 1.807) is 36.5 Å². The van der Waals surface area contributed by atoms with Gasteiger partial charge >= 0.3 is 0 Å². The summed E-state index contributed by atoms with van der Waals surface area (Å²) in [7, 11) is 1.39. The minimum Gasteiger partial charge on any atom is -0.394 e. The summed E-state index contributed by atoms with van der Waals surface area (Å²) in [6.07, 6.45) is -4.22. The van der Waals surface area contributed by atoms with Crippen LogP contribution in [0.5, 0.6) is 0 Å². The standard InChI is InChI=1S/C26H26Br2Cl2N4O7/c1-39-24-22(33-8-18(31-32-33)12-2-3-16(29)17(30)4-12)23(37)21(9-35)41-25(24)26(38)34(19-10-40-11-20(19)36)15-6-13(27)5-14(28)7-15/h2-8,19-25,35-37H,9-11H2,1H3/t19-,20-,21+,22-,23-,24+,25+/m0/s1. The van der Waals surface area contributed by atoms with Crippen LogP contribution in [0.2, 0.25) is 10.0 Å². The average molecular weight is 737 g/mol. The number of carbonyl (C=O) groups is 1. The maximum atomic E-state index is 14.4. The topological polar surface area (TPSA) is 139 Å². The van der Waals surface area contributed by atoms with E-state index in [0.717, 1.165) is 0 Å². The first-order chi connectivity index (χ1) is 19.6. The van der Waals surface area contributed by atoms with Crippen LogP contribution < -0.4 is 4.90 Å². The second kappa shape index (κ2) is 12.9. The van der Waals surface area contributed by atoms with Crippen molar-refractivity contribution in [2.24, 2.45) is 0 Å². The summed E-state index contributed by atoms with van der Waals surface area (Å²) in [5.74, 6) is -0.559. The number of hydrogen-bond donors (Lipinski definition) is 3. The first-order valence-corrected chi connectivity index (χ1v) is 14.9. The molecule has 5 rings (SSSR count). The minimum atomic E-state index is -1.31. The van der Waals surface area contributed by atoms with Gasteiger partial charge < -0.3 is 34.4 Å². The molecule has 7 atom stereocenters. The van der Waals surface area contributed by atoms with Gasteiger partial charge in [0.1, 0.15) is 36.2 Å². The quantitative estimate of drug-likeness (QED) is 0.334. The molecule has 220 valence electrons. The molecule has 3 aromatic rings. The van der Waals surface area contributed by atoms with Crippen molar-refractivity contribution >= 4 is 66.7 Å². The summed E-state index contributed by atoms with van der Waals surface area (Å²) in [6.45, 7) is -0.434. The Labute approximate surface area is 262 Å². The van der Waals surface area contributed by atoms with Crippen molar-refractivity contribution in [3.05, 3.63) is 61.6 Å². The van der Waals surface area contributed by atoms with Gasteiger partial charge in [-0.25, -0.2) is 4.68 Å². The van der Waals surface area contributed by atoms with Gasteiger partial charge in [-0.05, 0) is 30.3 Å². The third-order valence-corrected chi connectivity index (χ3v) is 8.78. The highest BCUT2D eigenvalue weighted by atomic mass is 79.9. The van der Waals surface area contributed by atoms with Gasteiger partial charge in [0, 0.05) is 27.3 Å². The Bertz CT molecular complexity index is 1400. The summed E-state index contributed by atoms with van der Waals surface area (Å²) >= 11 is 19.1. The van der Waals surface area contributed by atoms with Crippen LogP contribution in [0.3, 0.4) is 0 Å². The molecule has 0 radical (unpaired) electrons. The Morgan fingerprint density at radius 1 is 1.15 bits per heavy atom. The number of hydrogen-bond acceptors (Lipinski definition) is 9. The van der Waals surface area contributed by atoms with Gasteiger partial charge in [0.05, 0.1) is 42.1 Å². The minimum absolute atomic E-state index is 0.0555. The first-order valence-electron chi connectivity index (χ1n) is 12.5. The van der Waals surface area contributed by atoms with Crippen molar-refractivity contribution in [2.45, 2.75) is 42.6 Å². The van der Waals surface area contributed by atoms with Crippen LogP contribution in [0.4, 0.5) is 5.69 Å². The smallest absolute Gasteiger partial charge is 0.259 e. The average Bonchev–Trinajstić information content (AvgIpc) is 3.59. The molecule has 15 heteroatoms. The molecule has 2 aliphatic heterocycles. The van der Waals surface area contributed by atoms with Crippen molar-refractivity contribution in [1.29, 1.82) is 0 Å². The number of aromatic nitrogens is 3. The molecule has 2 saturated heterocycles. The molecule has 0 aliphatic carbocycles. The zero-order valence-corrected chi connectivity index (χ0v) is 26.2. The number of halogens is 4. The Kier molecular flexibility index (Phi) is 9.70. The zero-order chi connectivity index (χ0) is 29.4. The van der Waals surface area contributed by atoms with E-state index in [1.807, 2.05) is 6.07 Å². The van der Waals surface area contributed by atoms with Crippen molar-refractivity contribution in [3.63, 3.8) is 0 Å². The number of anilines is 1. The van der Waals surface area contributed by atoms with E-state index in [1.165, 1.54) is 16.7 Å². The fraction of sp³-hybridized carbons (Fsp3) is 0.423. The maximum Gasteiger partial charge on any atom is 0.259 e. The summed E-state index contributed by atoms with van der Waals surface area (Å²) in [5, 5.41) is 41.2. The largest absolute Gasteiger partial charge is 0.394 e. The molecule has 1 amide bonds. The zero-order valence-electron chi connectivity index (χ0n) is 21.5. The van der Waals surface area contributed by atoms with E-state index in [0.29, 0.717) is 35.9 Å². The van der Waals surface area contributed by atoms with Crippen LogP contribution in [0.1, 0.15) is 6.04 Å². The lowest BCUT2D eigenvalue weighted by Crippen LogP contribution is -2.63. The number of aliphatic hydroxyl groups excluding tert-OH is 3. The predicted molar refractivity (Wildman–Crippen MR) is 157 cm³/mol. The Balaban J connectivity index is 1.54. The maximum absolute atomic E-state index is 14.4. The van der Waals surface area contributed by atoms with E-state index in [-0.39, 0.29) is 13.2 Å². The van der Waals surface area contributed by atoms with Gasteiger partial charge in [0.25, 0.3) is 5.91 Å². The monoisotopic (exact) mass is 734 g/mol. The third kappa shape index (κ3) is 6.21. The third-order valence-electron chi connectivity index (χ3n) is 7.13. The highest BCUT2D eigenvalue weighted by Crippen LogP contribution is 2.37. The molecule has 3 N–H and O–H groups in total. The molecule has 1 aromatic heterocycles. The second-order valence-corrected chi connectivity index (χ2v) is 12.3. The van der Waals surface area contributed by atoms with Crippen LogP contribution in [0.15, 0.2) is 51.5 Å². The number of benzene rings is 2. The van der Waals surface area contributed by atoms with Crippen LogP contribution >= 0.6 is 55.1 Å². The molecular weight excluding hydrogens is 711 g/mol. The molecule has 0 spiro atoms. The molecule has 41 heavy (non-hydrogen) atoms. The van der Waals surface area contributed by atoms with E-state index in [2.05, 4.69) is 42.2 Å². The van der Waals surface area contributed by atoms with Gasteiger partial charge in [-0.15, -0.1) is 5.10 Å². The highest BCUT2D eigenvalue weighted by molar-refractivity contribution is 9.11. The lowest BCUT2D eigenvalue weighted by molar-refractivity contribution is -0.211. The van der Waals surface area contributed by atoms with E-state index in [4.69, 9.17) is 37.4 Å². The van der Waals surface area contributed by atoms with E-state index < -0.39 is 55.1 Å². The van der Waals surface area contributed by atoms with Crippen molar-refractivity contribution in [2.75, 3.05) is 31.8 Å². The van der Waals surface area contributed by atoms with Gasteiger partial charge in [-0.2, -0.15) is 0 Å². The fourth-order valence-corrected chi connectivity index (χ4v) is 6.71. The lowest BCUT2D eigenvalue weighted by Gasteiger charge is -2.45. The molecule has 0 unspecified atom stereocenters. The van der Waals surface area contributed by atoms with Crippen LogP contribution in [0, 0.1) is 0 Å². The number of rotatable bonds is 7.